The molecule has 2 aromatic carbocycles. The van der Waals surface area contributed by atoms with E-state index in [1.807, 2.05) is 28.8 Å². The van der Waals surface area contributed by atoms with E-state index in [9.17, 15) is 14.0 Å². The topological polar surface area (TPSA) is 93.3 Å². The number of fused-ring (bicyclic) bond motifs is 1. The van der Waals surface area contributed by atoms with Gasteiger partial charge in [-0.3, -0.25) is 14.0 Å². The van der Waals surface area contributed by atoms with Crippen molar-refractivity contribution in [1.82, 2.24) is 9.38 Å². The molecule has 0 aliphatic carbocycles. The summed E-state index contributed by atoms with van der Waals surface area (Å²) in [5, 5.41) is 8.85. The highest BCUT2D eigenvalue weighted by molar-refractivity contribution is 5.87. The van der Waals surface area contributed by atoms with Gasteiger partial charge in [-0.15, -0.1) is 0 Å². The van der Waals surface area contributed by atoms with Gasteiger partial charge in [0.25, 0.3) is 6.47 Å². The van der Waals surface area contributed by atoms with E-state index in [-0.39, 0.29) is 31.0 Å². The van der Waals surface area contributed by atoms with Gasteiger partial charge < -0.3 is 9.84 Å². The summed E-state index contributed by atoms with van der Waals surface area (Å²) < 4.78 is 19.9. The largest absolute Gasteiger partial charge is 0.481 e. The Labute approximate surface area is 182 Å². The Morgan fingerprint density at radius 1 is 1.06 bits per heavy atom. The zero-order valence-electron chi connectivity index (χ0n) is 16.8. The number of pyridine rings is 1. The van der Waals surface area contributed by atoms with E-state index in [1.54, 1.807) is 36.5 Å². The molecule has 160 valence electrons. The number of rotatable bonds is 7. The van der Waals surface area contributed by atoms with Crippen molar-refractivity contribution in [2.45, 2.75) is 12.8 Å². The monoisotopic (exact) mass is 431 g/mol. The lowest BCUT2D eigenvalue weighted by Crippen LogP contribution is -2.06. The van der Waals surface area contributed by atoms with E-state index < -0.39 is 5.97 Å². The van der Waals surface area contributed by atoms with Crippen LogP contribution in [0.2, 0.25) is 0 Å². The number of carbonyl (C=O) groups is 2. The SMILES string of the molecule is O=COC(CCC(=O)O)=Nc1cccc(-c2cnc3cc(-c4ccc(F)cc4)ccn23)c1. The fourth-order valence-electron chi connectivity index (χ4n) is 3.31. The van der Waals surface area contributed by atoms with Crippen molar-refractivity contribution in [3.8, 4) is 22.4 Å². The van der Waals surface area contributed by atoms with Crippen LogP contribution in [0.3, 0.4) is 0 Å². The van der Waals surface area contributed by atoms with E-state index in [0.29, 0.717) is 5.69 Å². The summed E-state index contributed by atoms with van der Waals surface area (Å²) in [5.74, 6) is -1.27. The van der Waals surface area contributed by atoms with E-state index in [4.69, 9.17) is 9.84 Å². The van der Waals surface area contributed by atoms with E-state index in [2.05, 4.69) is 9.98 Å². The molecule has 0 bridgehead atoms. The smallest absolute Gasteiger partial charge is 0.303 e. The van der Waals surface area contributed by atoms with Crippen LogP contribution in [-0.4, -0.2) is 32.8 Å². The van der Waals surface area contributed by atoms with Crippen LogP contribution in [0.5, 0.6) is 0 Å². The minimum Gasteiger partial charge on any atom is -0.481 e. The first-order chi connectivity index (χ1) is 15.5. The average Bonchev–Trinajstić information content (AvgIpc) is 3.22. The third kappa shape index (κ3) is 4.70. The Morgan fingerprint density at radius 2 is 1.88 bits per heavy atom. The zero-order chi connectivity index (χ0) is 22.5. The summed E-state index contributed by atoms with van der Waals surface area (Å²) in [5.41, 5.74) is 4.70. The molecular formula is C24H18FN3O4. The predicted molar refractivity (Wildman–Crippen MR) is 117 cm³/mol. The molecule has 0 spiro atoms. The number of aliphatic imine (C=N–C) groups is 1. The Hall–Kier alpha value is -4.33. The first-order valence-electron chi connectivity index (χ1n) is 9.76. The first kappa shape index (κ1) is 20.9. The van der Waals surface area contributed by atoms with Crippen molar-refractivity contribution in [2.75, 3.05) is 0 Å². The summed E-state index contributed by atoms with van der Waals surface area (Å²) in [7, 11) is 0. The van der Waals surface area contributed by atoms with Crippen LogP contribution in [0.1, 0.15) is 12.8 Å². The number of hydrogen-bond donors (Lipinski definition) is 1. The highest BCUT2D eigenvalue weighted by Crippen LogP contribution is 2.28. The Balaban J connectivity index is 1.65. The maximum absolute atomic E-state index is 13.2. The van der Waals surface area contributed by atoms with Gasteiger partial charge in [0.1, 0.15) is 11.5 Å². The molecule has 0 unspecified atom stereocenters. The Morgan fingerprint density at radius 3 is 2.62 bits per heavy atom. The molecule has 0 saturated carbocycles. The number of imidazole rings is 1. The van der Waals surface area contributed by atoms with Crippen LogP contribution in [0.25, 0.3) is 28.0 Å². The standard InChI is InChI=1S/C24H18FN3O4/c25-19-6-4-16(5-7-19)17-10-11-28-21(14-26-22(28)13-17)18-2-1-3-20(12-18)27-23(32-15-29)8-9-24(30)31/h1-7,10-15H,8-9H2,(H,30,31). The Bertz CT molecular complexity index is 1310. The molecule has 0 aliphatic heterocycles. The van der Waals surface area contributed by atoms with Crippen molar-refractivity contribution in [1.29, 1.82) is 0 Å². The molecule has 0 fully saturated rings. The van der Waals surface area contributed by atoms with Gasteiger partial charge in [-0.1, -0.05) is 24.3 Å². The number of benzene rings is 2. The number of carboxylic acids is 1. The van der Waals surface area contributed by atoms with Crippen LogP contribution in [0.4, 0.5) is 10.1 Å². The van der Waals surface area contributed by atoms with Crippen molar-refractivity contribution in [3.63, 3.8) is 0 Å². The zero-order valence-corrected chi connectivity index (χ0v) is 16.8. The lowest BCUT2D eigenvalue weighted by atomic mass is 10.1. The maximum Gasteiger partial charge on any atom is 0.303 e. The van der Waals surface area contributed by atoms with Gasteiger partial charge in [-0.2, -0.15) is 0 Å². The van der Waals surface area contributed by atoms with Crippen LogP contribution in [-0.2, 0) is 14.3 Å². The van der Waals surface area contributed by atoms with Gasteiger partial charge in [0, 0.05) is 18.2 Å². The molecule has 4 aromatic rings. The molecule has 4 rings (SSSR count). The van der Waals surface area contributed by atoms with Crippen molar-refractivity contribution < 1.29 is 23.8 Å². The number of aromatic nitrogens is 2. The fourth-order valence-corrected chi connectivity index (χ4v) is 3.31. The molecule has 2 heterocycles. The fraction of sp³-hybridized carbons (Fsp3) is 0.0833. The van der Waals surface area contributed by atoms with E-state index in [0.717, 1.165) is 28.0 Å². The predicted octanol–water partition coefficient (Wildman–Crippen LogP) is 4.88. The lowest BCUT2D eigenvalue weighted by Gasteiger charge is -2.07. The number of halogens is 1. The molecule has 2 aromatic heterocycles. The van der Waals surface area contributed by atoms with Gasteiger partial charge in [-0.05, 0) is 47.5 Å². The van der Waals surface area contributed by atoms with Gasteiger partial charge in [0.15, 0.2) is 5.90 Å². The molecule has 0 radical (unpaired) electrons. The lowest BCUT2D eigenvalue weighted by molar-refractivity contribution is -0.137. The third-order valence-corrected chi connectivity index (χ3v) is 4.82. The number of hydrogen-bond acceptors (Lipinski definition) is 5. The van der Waals surface area contributed by atoms with Crippen LogP contribution >= 0.6 is 0 Å². The van der Waals surface area contributed by atoms with Crippen LogP contribution < -0.4 is 0 Å². The highest BCUT2D eigenvalue weighted by Gasteiger charge is 2.10. The molecule has 0 amide bonds. The number of nitrogens with zero attached hydrogens (tertiary/aromatic N) is 3. The van der Waals surface area contributed by atoms with Crippen LogP contribution in [0.15, 0.2) is 78.0 Å². The van der Waals surface area contributed by atoms with Crippen molar-refractivity contribution in [3.05, 3.63) is 78.9 Å². The highest BCUT2D eigenvalue weighted by atomic mass is 19.1. The number of ether oxygens (including phenoxy) is 1. The molecule has 32 heavy (non-hydrogen) atoms. The second-order valence-electron chi connectivity index (χ2n) is 6.96. The minimum absolute atomic E-state index is 0.0000759. The second kappa shape index (κ2) is 9.22. The van der Waals surface area contributed by atoms with Crippen molar-refractivity contribution in [2.24, 2.45) is 4.99 Å². The molecule has 0 aliphatic rings. The summed E-state index contributed by atoms with van der Waals surface area (Å²) in [4.78, 5) is 30.3. The number of aliphatic carboxylic acids is 1. The minimum atomic E-state index is -1.01. The molecular weight excluding hydrogens is 413 g/mol. The summed E-state index contributed by atoms with van der Waals surface area (Å²) in [6, 6.07) is 17.3. The third-order valence-electron chi connectivity index (χ3n) is 4.82. The maximum atomic E-state index is 13.2. The van der Waals surface area contributed by atoms with Gasteiger partial charge >= 0.3 is 5.97 Å². The van der Waals surface area contributed by atoms with Gasteiger partial charge in [0.05, 0.1) is 24.0 Å². The van der Waals surface area contributed by atoms with Gasteiger partial charge in [-0.25, -0.2) is 14.4 Å². The molecule has 1 N–H and O–H groups in total. The first-order valence-corrected chi connectivity index (χ1v) is 9.76. The van der Waals surface area contributed by atoms with Gasteiger partial charge in [0.2, 0.25) is 0 Å². The molecule has 8 heteroatoms. The van der Waals surface area contributed by atoms with Crippen molar-refractivity contribution >= 4 is 29.7 Å². The normalized spacial score (nSPS) is 11.5. The quantitative estimate of drug-likeness (QED) is 0.256. The average molecular weight is 431 g/mol. The van der Waals surface area contributed by atoms with Crippen LogP contribution in [0, 0.1) is 5.82 Å². The molecule has 0 saturated heterocycles. The summed E-state index contributed by atoms with van der Waals surface area (Å²) in [6.07, 6.45) is 3.43. The molecule has 0 atom stereocenters. The number of carbonyl (C=O) groups excluding carboxylic acids is 1. The summed E-state index contributed by atoms with van der Waals surface area (Å²) in [6.45, 7) is 0.230. The number of carboxylic acid groups (broad SMARTS) is 1. The van der Waals surface area contributed by atoms with E-state index >= 15 is 0 Å². The second-order valence-corrected chi connectivity index (χ2v) is 6.96. The Kier molecular flexibility index (Phi) is 6.03. The summed E-state index contributed by atoms with van der Waals surface area (Å²) >= 11 is 0. The van der Waals surface area contributed by atoms with E-state index in [1.165, 1.54) is 12.1 Å². The molecule has 7 nitrogen and oxygen atoms in total.